The molecule has 192 valence electrons. The molecule has 0 saturated heterocycles. The van der Waals surface area contributed by atoms with Crippen molar-refractivity contribution < 1.29 is 9.59 Å². The Balaban J connectivity index is 1.57. The third-order valence-electron chi connectivity index (χ3n) is 6.92. The number of carbonyl (C=O) groups excluding carboxylic acids is 2. The van der Waals surface area contributed by atoms with Crippen LogP contribution in [0.4, 0.5) is 34.1 Å². The number of anilines is 4. The largest absolute Gasteiger partial charge is 0.355 e. The number of fused-ring (bicyclic) bond motifs is 2. The van der Waals surface area contributed by atoms with Crippen molar-refractivity contribution in [3.63, 3.8) is 0 Å². The van der Waals surface area contributed by atoms with Crippen molar-refractivity contribution in [3.05, 3.63) is 107 Å². The van der Waals surface area contributed by atoms with Crippen LogP contribution in [-0.2, 0) is 0 Å². The standard InChI is InChI=1S/C32H32N4O2/c1-35(2,3)23-15-11-21(12-16-23)33-27-19-20-28(34-22-13-17-24(18-14-22)36(4,5)6)30-29(27)31(37)25-9-7-8-10-26(25)32(30)38/h7-20H,1-6H3/p+2. The van der Waals surface area contributed by atoms with Crippen molar-refractivity contribution in [2.24, 2.45) is 0 Å². The Morgan fingerprint density at radius 2 is 0.816 bits per heavy atom. The summed E-state index contributed by atoms with van der Waals surface area (Å²) in [6, 6.07) is 27.0. The summed E-state index contributed by atoms with van der Waals surface area (Å²) in [4.78, 5) is 27.6. The maximum atomic E-state index is 13.8. The minimum atomic E-state index is -0.162. The normalized spacial score (nSPS) is 13.1. The zero-order chi connectivity index (χ0) is 27.2. The number of rotatable bonds is 6. The minimum Gasteiger partial charge on any atom is -0.355 e. The van der Waals surface area contributed by atoms with Gasteiger partial charge in [0.1, 0.15) is 11.4 Å². The maximum absolute atomic E-state index is 13.8. The molecule has 0 heterocycles. The fraction of sp³-hybridized carbons (Fsp3) is 0.188. The highest BCUT2D eigenvalue weighted by Crippen LogP contribution is 2.39. The zero-order valence-electron chi connectivity index (χ0n) is 22.8. The molecule has 1 aliphatic rings. The lowest BCUT2D eigenvalue weighted by atomic mass is 9.82. The van der Waals surface area contributed by atoms with Gasteiger partial charge in [0.15, 0.2) is 11.6 Å². The Labute approximate surface area is 224 Å². The lowest BCUT2D eigenvalue weighted by Gasteiger charge is -2.25. The summed E-state index contributed by atoms with van der Waals surface area (Å²) in [6.07, 6.45) is 0. The second-order valence-electron chi connectivity index (χ2n) is 11.5. The predicted octanol–water partition coefficient (Wildman–Crippen LogP) is 6.34. The summed E-state index contributed by atoms with van der Waals surface area (Å²) in [5.74, 6) is -0.325. The van der Waals surface area contributed by atoms with Crippen LogP contribution in [0.2, 0.25) is 0 Å². The van der Waals surface area contributed by atoms with E-state index < -0.39 is 0 Å². The molecule has 0 fully saturated rings. The van der Waals surface area contributed by atoms with E-state index in [0.29, 0.717) is 42.6 Å². The van der Waals surface area contributed by atoms with Crippen LogP contribution in [0.25, 0.3) is 0 Å². The van der Waals surface area contributed by atoms with Gasteiger partial charge in [-0.3, -0.25) is 18.6 Å². The van der Waals surface area contributed by atoms with E-state index in [2.05, 4.69) is 77.2 Å². The fourth-order valence-corrected chi connectivity index (χ4v) is 4.73. The third-order valence-corrected chi connectivity index (χ3v) is 6.92. The molecule has 4 aromatic carbocycles. The number of carbonyl (C=O) groups is 2. The topological polar surface area (TPSA) is 58.2 Å². The summed E-state index contributed by atoms with van der Waals surface area (Å²) in [7, 11) is 12.7. The van der Waals surface area contributed by atoms with Gasteiger partial charge < -0.3 is 10.6 Å². The summed E-state index contributed by atoms with van der Waals surface area (Å²) < 4.78 is 1.41. The molecule has 1 aliphatic carbocycles. The summed E-state index contributed by atoms with van der Waals surface area (Å²) in [6.45, 7) is 0. The Morgan fingerprint density at radius 1 is 0.474 bits per heavy atom. The molecule has 2 N–H and O–H groups in total. The van der Waals surface area contributed by atoms with Gasteiger partial charge in [0.2, 0.25) is 0 Å². The van der Waals surface area contributed by atoms with E-state index in [4.69, 9.17) is 0 Å². The molecule has 0 bridgehead atoms. The maximum Gasteiger partial charge on any atom is 0.196 e. The second kappa shape index (κ2) is 9.24. The van der Waals surface area contributed by atoms with E-state index in [1.165, 1.54) is 0 Å². The molecule has 0 aromatic heterocycles. The van der Waals surface area contributed by atoms with E-state index in [1.54, 1.807) is 24.3 Å². The Morgan fingerprint density at radius 3 is 1.13 bits per heavy atom. The first-order chi connectivity index (χ1) is 17.9. The number of hydrogen-bond acceptors (Lipinski definition) is 4. The van der Waals surface area contributed by atoms with E-state index in [-0.39, 0.29) is 11.6 Å². The van der Waals surface area contributed by atoms with Crippen molar-refractivity contribution in [2.75, 3.05) is 52.9 Å². The van der Waals surface area contributed by atoms with Gasteiger partial charge in [-0.2, -0.15) is 0 Å². The zero-order valence-corrected chi connectivity index (χ0v) is 22.8. The molecule has 5 rings (SSSR count). The Kier molecular flexibility index (Phi) is 6.18. The molecular formula is C32H34N4O2+2. The molecule has 0 radical (unpaired) electrons. The van der Waals surface area contributed by atoms with Crippen LogP contribution >= 0.6 is 0 Å². The highest BCUT2D eigenvalue weighted by molar-refractivity contribution is 6.32. The van der Waals surface area contributed by atoms with Crippen molar-refractivity contribution in [2.45, 2.75) is 0 Å². The van der Waals surface area contributed by atoms with Gasteiger partial charge in [-0.1, -0.05) is 24.3 Å². The van der Waals surface area contributed by atoms with Gasteiger partial charge >= 0.3 is 0 Å². The van der Waals surface area contributed by atoms with Crippen molar-refractivity contribution >= 4 is 45.7 Å². The number of quaternary nitrogens is 2. The third kappa shape index (κ3) is 4.72. The summed E-state index contributed by atoms with van der Waals surface area (Å²) in [5, 5.41) is 6.80. The molecule has 4 aromatic rings. The average molecular weight is 507 g/mol. The van der Waals surface area contributed by atoms with Crippen molar-refractivity contribution in [3.8, 4) is 0 Å². The van der Waals surface area contributed by atoms with E-state index >= 15 is 0 Å². The van der Waals surface area contributed by atoms with Crippen LogP contribution in [0.5, 0.6) is 0 Å². The Hall–Kier alpha value is -4.26. The molecule has 38 heavy (non-hydrogen) atoms. The fourth-order valence-electron chi connectivity index (χ4n) is 4.73. The van der Waals surface area contributed by atoms with Crippen LogP contribution in [0.15, 0.2) is 84.9 Å². The average Bonchev–Trinajstić information content (AvgIpc) is 2.87. The molecular weight excluding hydrogens is 472 g/mol. The van der Waals surface area contributed by atoms with Crippen LogP contribution in [0.3, 0.4) is 0 Å². The number of ketones is 2. The van der Waals surface area contributed by atoms with Gasteiger partial charge in [-0.05, 0) is 36.4 Å². The van der Waals surface area contributed by atoms with E-state index in [0.717, 1.165) is 22.7 Å². The molecule has 0 atom stereocenters. The van der Waals surface area contributed by atoms with Crippen molar-refractivity contribution in [1.29, 1.82) is 0 Å². The first-order valence-electron chi connectivity index (χ1n) is 12.7. The quantitative estimate of drug-likeness (QED) is 0.264. The van der Waals surface area contributed by atoms with Gasteiger partial charge in [0, 0.05) is 46.8 Å². The highest BCUT2D eigenvalue weighted by Gasteiger charge is 2.34. The molecule has 6 heteroatoms. The number of nitrogens with zero attached hydrogens (tertiary/aromatic N) is 2. The first-order valence-corrected chi connectivity index (χ1v) is 12.7. The lowest BCUT2D eigenvalue weighted by molar-refractivity contribution is 0.0980. The van der Waals surface area contributed by atoms with Crippen LogP contribution in [0, 0.1) is 0 Å². The number of hydrogen-bond donors (Lipinski definition) is 2. The summed E-state index contributed by atoms with van der Waals surface area (Å²) >= 11 is 0. The number of nitrogens with one attached hydrogen (secondary N) is 2. The van der Waals surface area contributed by atoms with Gasteiger partial charge in [0.05, 0.1) is 64.8 Å². The number of benzene rings is 4. The molecule has 6 nitrogen and oxygen atoms in total. The van der Waals surface area contributed by atoms with Gasteiger partial charge in [0.25, 0.3) is 0 Å². The monoisotopic (exact) mass is 506 g/mol. The minimum absolute atomic E-state index is 0.162. The second-order valence-corrected chi connectivity index (χ2v) is 11.5. The van der Waals surface area contributed by atoms with Crippen LogP contribution < -0.4 is 19.6 Å². The van der Waals surface area contributed by atoms with Crippen molar-refractivity contribution in [1.82, 2.24) is 8.97 Å². The van der Waals surface area contributed by atoms with Crippen LogP contribution in [0.1, 0.15) is 31.8 Å². The van der Waals surface area contributed by atoms with Crippen LogP contribution in [-0.4, -0.2) is 53.9 Å². The summed E-state index contributed by atoms with van der Waals surface area (Å²) in [5.41, 5.74) is 6.86. The van der Waals surface area contributed by atoms with Gasteiger partial charge in [-0.25, -0.2) is 0 Å². The predicted molar refractivity (Wildman–Crippen MR) is 158 cm³/mol. The lowest BCUT2D eigenvalue weighted by Crippen LogP contribution is -2.34. The van der Waals surface area contributed by atoms with E-state index in [9.17, 15) is 9.59 Å². The molecule has 0 saturated carbocycles. The molecule has 0 amide bonds. The molecule has 0 aliphatic heterocycles. The van der Waals surface area contributed by atoms with Gasteiger partial charge in [-0.15, -0.1) is 0 Å². The smallest absolute Gasteiger partial charge is 0.196 e. The first kappa shape index (κ1) is 25.4. The Bertz CT molecular complexity index is 1420. The molecule has 0 spiro atoms. The SMILES string of the molecule is C[N+](C)(C)c1ccc(Nc2ccc(Nc3ccc([N+](C)(C)C)cc3)c3c2C(=O)c2ccccc2C3=O)cc1. The van der Waals surface area contributed by atoms with E-state index in [1.807, 2.05) is 36.4 Å². The molecule has 0 unspecified atom stereocenters. The highest BCUT2D eigenvalue weighted by atomic mass is 16.1.